The maximum absolute atomic E-state index is 11.9. The summed E-state index contributed by atoms with van der Waals surface area (Å²) in [6.07, 6.45) is 6.05. The molecule has 1 aromatic heterocycles. The lowest BCUT2D eigenvalue weighted by Crippen LogP contribution is -2.08. The van der Waals surface area contributed by atoms with Crippen LogP contribution in [0.5, 0.6) is 17.2 Å². The van der Waals surface area contributed by atoms with Gasteiger partial charge in [-0.15, -0.1) is 0 Å². The molecule has 0 saturated heterocycles. The zero-order valence-corrected chi connectivity index (χ0v) is 16.0. The molecule has 0 atom stereocenters. The Kier molecular flexibility index (Phi) is 6.82. The number of allylic oxidation sites excluding steroid dienone is 3. The molecule has 27 heavy (non-hydrogen) atoms. The predicted molar refractivity (Wildman–Crippen MR) is 103 cm³/mol. The molecule has 0 aliphatic rings. The number of fused-ring (bicyclic) bond motifs is 1. The second kappa shape index (κ2) is 9.07. The van der Waals surface area contributed by atoms with E-state index in [2.05, 4.69) is 19.9 Å². The first-order valence-corrected chi connectivity index (χ1v) is 8.68. The maximum atomic E-state index is 11.9. The fourth-order valence-electron chi connectivity index (χ4n) is 2.49. The van der Waals surface area contributed by atoms with E-state index in [1.807, 2.05) is 13.0 Å². The Bertz CT molecular complexity index is 945. The van der Waals surface area contributed by atoms with E-state index >= 15 is 0 Å². The van der Waals surface area contributed by atoms with Gasteiger partial charge in [-0.25, -0.2) is 4.79 Å². The normalized spacial score (nSPS) is 11.3. The molecule has 6 heteroatoms. The van der Waals surface area contributed by atoms with Gasteiger partial charge in [-0.3, -0.25) is 4.79 Å². The number of carbonyl (C=O) groups excluding carboxylic acids is 1. The number of ether oxygens (including phenoxy) is 2. The van der Waals surface area contributed by atoms with Crippen LogP contribution in [0.4, 0.5) is 0 Å². The topological polar surface area (TPSA) is 86.0 Å². The molecule has 1 N–H and O–H groups in total. The Morgan fingerprint density at radius 3 is 2.59 bits per heavy atom. The summed E-state index contributed by atoms with van der Waals surface area (Å²) < 4.78 is 15.8. The quantitative estimate of drug-likeness (QED) is 0.438. The van der Waals surface area contributed by atoms with Crippen LogP contribution < -0.4 is 15.1 Å². The third-order valence-electron chi connectivity index (χ3n) is 3.83. The second-order valence-corrected chi connectivity index (χ2v) is 6.48. The van der Waals surface area contributed by atoms with E-state index < -0.39 is 17.3 Å². The molecule has 1 aromatic carbocycles. The Labute approximate surface area is 157 Å². The molecule has 0 unspecified atom stereocenters. The summed E-state index contributed by atoms with van der Waals surface area (Å²) in [4.78, 5) is 23.1. The third-order valence-corrected chi connectivity index (χ3v) is 3.83. The molecule has 2 rings (SSSR count). The molecule has 0 radical (unpaired) electrons. The number of hydrogen-bond acceptors (Lipinski definition) is 6. The van der Waals surface area contributed by atoms with Gasteiger partial charge >= 0.3 is 11.6 Å². The van der Waals surface area contributed by atoms with E-state index in [-0.39, 0.29) is 16.7 Å². The minimum absolute atomic E-state index is 0.118. The van der Waals surface area contributed by atoms with Crippen LogP contribution in [0.15, 0.2) is 50.7 Å². The second-order valence-electron chi connectivity index (χ2n) is 6.48. The Morgan fingerprint density at radius 2 is 1.93 bits per heavy atom. The van der Waals surface area contributed by atoms with Gasteiger partial charge < -0.3 is 19.0 Å². The third kappa shape index (κ3) is 5.48. The SMILES string of the molecule is CC(=O)Oc1c(O)c(=O)oc2c(OC/C=C(\C)CCC=C(C)C)cccc12. The highest BCUT2D eigenvalue weighted by molar-refractivity contribution is 5.91. The summed E-state index contributed by atoms with van der Waals surface area (Å²) in [5.74, 6) is -1.30. The molecule has 0 amide bonds. The van der Waals surface area contributed by atoms with Crippen LogP contribution >= 0.6 is 0 Å². The number of esters is 1. The average Bonchev–Trinajstić information content (AvgIpc) is 2.59. The predicted octanol–water partition coefficient (Wildman–Crippen LogP) is 4.50. The first kappa shape index (κ1) is 20.3. The molecular formula is C21H24O6. The number of aromatic hydroxyl groups is 1. The number of benzene rings is 1. The molecule has 0 fully saturated rings. The van der Waals surface area contributed by atoms with Crippen LogP contribution in [0.25, 0.3) is 11.0 Å². The van der Waals surface area contributed by atoms with E-state index in [1.165, 1.54) is 18.1 Å². The first-order valence-electron chi connectivity index (χ1n) is 8.68. The fourth-order valence-corrected chi connectivity index (χ4v) is 2.49. The lowest BCUT2D eigenvalue weighted by molar-refractivity contribution is -0.131. The van der Waals surface area contributed by atoms with Crippen LogP contribution in [0.1, 0.15) is 40.5 Å². The highest BCUT2D eigenvalue weighted by atomic mass is 16.5. The zero-order valence-electron chi connectivity index (χ0n) is 16.0. The van der Waals surface area contributed by atoms with Crippen molar-refractivity contribution >= 4 is 16.9 Å². The molecule has 0 spiro atoms. The maximum Gasteiger partial charge on any atom is 0.382 e. The van der Waals surface area contributed by atoms with Crippen LogP contribution in [-0.2, 0) is 4.79 Å². The molecule has 0 bridgehead atoms. The van der Waals surface area contributed by atoms with Crippen molar-refractivity contribution in [2.75, 3.05) is 6.61 Å². The summed E-state index contributed by atoms with van der Waals surface area (Å²) in [7, 11) is 0. The highest BCUT2D eigenvalue weighted by Crippen LogP contribution is 2.36. The molecule has 2 aromatic rings. The monoisotopic (exact) mass is 372 g/mol. The smallest absolute Gasteiger partial charge is 0.382 e. The standard InChI is InChI=1S/C21H24O6/c1-13(2)7-5-8-14(3)11-12-25-17-10-6-9-16-19(17)27-21(24)18(23)20(16)26-15(4)22/h6-7,9-11,23H,5,8,12H2,1-4H3/b14-11+. The van der Waals surface area contributed by atoms with Gasteiger partial charge in [0.15, 0.2) is 17.1 Å². The molecule has 6 nitrogen and oxygen atoms in total. The van der Waals surface area contributed by atoms with Crippen molar-refractivity contribution in [2.24, 2.45) is 0 Å². The number of carbonyl (C=O) groups is 1. The minimum atomic E-state index is -0.997. The van der Waals surface area contributed by atoms with E-state index in [4.69, 9.17) is 13.9 Å². The van der Waals surface area contributed by atoms with Gasteiger partial charge in [-0.1, -0.05) is 23.3 Å². The molecule has 144 valence electrons. The van der Waals surface area contributed by atoms with Crippen molar-refractivity contribution in [2.45, 2.75) is 40.5 Å². The summed E-state index contributed by atoms with van der Waals surface area (Å²) in [6.45, 7) is 7.65. The molecule has 0 aliphatic carbocycles. The largest absolute Gasteiger partial charge is 0.499 e. The summed E-state index contributed by atoms with van der Waals surface area (Å²) in [5, 5.41) is 10.1. The van der Waals surface area contributed by atoms with Crippen molar-refractivity contribution in [3.63, 3.8) is 0 Å². The number of hydrogen-bond donors (Lipinski definition) is 1. The summed E-state index contributed by atoms with van der Waals surface area (Å²) >= 11 is 0. The van der Waals surface area contributed by atoms with Crippen molar-refractivity contribution < 1.29 is 23.8 Å². The van der Waals surface area contributed by atoms with E-state index in [1.54, 1.807) is 18.2 Å². The van der Waals surface area contributed by atoms with E-state index in [9.17, 15) is 14.7 Å². The Hall–Kier alpha value is -3.02. The summed E-state index contributed by atoms with van der Waals surface area (Å²) in [6, 6.07) is 4.88. The Balaban J connectivity index is 2.24. The molecular weight excluding hydrogens is 348 g/mol. The molecule has 0 aliphatic heterocycles. The van der Waals surface area contributed by atoms with Gasteiger partial charge in [0, 0.05) is 6.92 Å². The van der Waals surface area contributed by atoms with Crippen LogP contribution in [-0.4, -0.2) is 17.7 Å². The minimum Gasteiger partial charge on any atom is -0.499 e. The van der Waals surface area contributed by atoms with Crippen molar-refractivity contribution in [1.29, 1.82) is 0 Å². The van der Waals surface area contributed by atoms with Crippen molar-refractivity contribution in [3.8, 4) is 17.2 Å². The van der Waals surface area contributed by atoms with Crippen LogP contribution in [0.3, 0.4) is 0 Å². The zero-order chi connectivity index (χ0) is 20.0. The van der Waals surface area contributed by atoms with E-state index in [0.29, 0.717) is 12.4 Å². The lowest BCUT2D eigenvalue weighted by Gasteiger charge is -2.10. The first-order chi connectivity index (χ1) is 12.8. The van der Waals surface area contributed by atoms with Crippen LogP contribution in [0.2, 0.25) is 0 Å². The fraction of sp³-hybridized carbons (Fsp3) is 0.333. The van der Waals surface area contributed by atoms with Crippen molar-refractivity contribution in [3.05, 3.63) is 51.9 Å². The van der Waals surface area contributed by atoms with Gasteiger partial charge in [0.2, 0.25) is 5.75 Å². The average molecular weight is 372 g/mol. The lowest BCUT2D eigenvalue weighted by atomic mass is 10.1. The highest BCUT2D eigenvalue weighted by Gasteiger charge is 2.19. The van der Waals surface area contributed by atoms with Gasteiger partial charge in [0.05, 0.1) is 5.39 Å². The van der Waals surface area contributed by atoms with Gasteiger partial charge in [-0.2, -0.15) is 0 Å². The van der Waals surface area contributed by atoms with Crippen LogP contribution in [0, 0.1) is 0 Å². The summed E-state index contributed by atoms with van der Waals surface area (Å²) in [5.41, 5.74) is 1.60. The molecule has 1 heterocycles. The number of rotatable bonds is 7. The van der Waals surface area contributed by atoms with Gasteiger partial charge in [-0.05, 0) is 51.8 Å². The molecule has 0 saturated carbocycles. The van der Waals surface area contributed by atoms with Gasteiger partial charge in [0.25, 0.3) is 0 Å². The Morgan fingerprint density at radius 1 is 1.19 bits per heavy atom. The van der Waals surface area contributed by atoms with Gasteiger partial charge in [0.1, 0.15) is 6.61 Å². The number of para-hydroxylation sites is 1. The van der Waals surface area contributed by atoms with E-state index in [0.717, 1.165) is 12.8 Å². The van der Waals surface area contributed by atoms with Crippen molar-refractivity contribution in [1.82, 2.24) is 0 Å².